The average molecular weight is 439 g/mol. The highest BCUT2D eigenvalue weighted by Crippen LogP contribution is 2.36. The van der Waals surface area contributed by atoms with E-state index in [2.05, 4.69) is 18.0 Å². The van der Waals surface area contributed by atoms with Crippen molar-refractivity contribution in [2.75, 3.05) is 0 Å². The van der Waals surface area contributed by atoms with Crippen molar-refractivity contribution in [1.82, 2.24) is 4.98 Å². The number of benzene rings is 1. The lowest BCUT2D eigenvalue weighted by atomic mass is 9.93. The summed E-state index contributed by atoms with van der Waals surface area (Å²) in [5, 5.41) is 1.10. The second kappa shape index (κ2) is 9.78. The monoisotopic (exact) mass is 437 g/mol. The molecule has 0 saturated carbocycles. The fraction of sp³-hybridized carbons (Fsp3) is 0.364. The lowest BCUT2D eigenvalue weighted by Crippen LogP contribution is -2.10. The van der Waals surface area contributed by atoms with Crippen LogP contribution in [0, 0.1) is 5.92 Å². The van der Waals surface area contributed by atoms with E-state index in [-0.39, 0.29) is 12.4 Å². The van der Waals surface area contributed by atoms with Crippen molar-refractivity contribution >= 4 is 40.6 Å². The zero-order valence-electron chi connectivity index (χ0n) is 15.7. The number of rotatable bonds is 6. The van der Waals surface area contributed by atoms with Gasteiger partial charge in [0.05, 0.1) is 15.7 Å². The second-order valence-electron chi connectivity index (χ2n) is 7.07. The third-order valence-electron chi connectivity index (χ3n) is 4.92. The van der Waals surface area contributed by atoms with E-state index < -0.39 is 0 Å². The van der Waals surface area contributed by atoms with Crippen LogP contribution < -0.4 is 4.74 Å². The van der Waals surface area contributed by atoms with Crippen LogP contribution in [0.2, 0.25) is 15.1 Å². The standard InChI is InChI=1S/C22H22Cl3NO2/c1-14-6-3-2-4-7-15(14)10-21(27)20-9-5-8-17(26-20)13-28-22-18(24)11-16(23)12-19(22)25/h5,7-9,11-12,14H,2-4,6,10,13H2,1H3. The third-order valence-corrected chi connectivity index (χ3v) is 5.70. The zero-order chi connectivity index (χ0) is 20.1. The molecule has 0 bridgehead atoms. The van der Waals surface area contributed by atoms with Crippen molar-refractivity contribution in [3.05, 3.63) is 68.4 Å². The minimum atomic E-state index is 0.0319. The van der Waals surface area contributed by atoms with Crippen molar-refractivity contribution in [3.8, 4) is 5.75 Å². The van der Waals surface area contributed by atoms with Gasteiger partial charge >= 0.3 is 0 Å². The highest BCUT2D eigenvalue weighted by atomic mass is 35.5. The quantitative estimate of drug-likeness (QED) is 0.350. The Hall–Kier alpha value is -1.55. The van der Waals surface area contributed by atoms with Crippen molar-refractivity contribution < 1.29 is 9.53 Å². The second-order valence-corrected chi connectivity index (χ2v) is 8.32. The molecule has 0 saturated heterocycles. The number of halogens is 3. The van der Waals surface area contributed by atoms with Crippen LogP contribution in [0.3, 0.4) is 0 Å². The molecule has 1 atom stereocenters. The maximum absolute atomic E-state index is 12.7. The molecule has 1 aliphatic rings. The van der Waals surface area contributed by atoms with E-state index in [1.54, 1.807) is 18.2 Å². The Morgan fingerprint density at radius 2 is 1.93 bits per heavy atom. The summed E-state index contributed by atoms with van der Waals surface area (Å²) in [5.74, 6) is 0.834. The molecule has 0 spiro atoms. The van der Waals surface area contributed by atoms with E-state index in [0.717, 1.165) is 12.8 Å². The van der Waals surface area contributed by atoms with Crippen LogP contribution in [0.5, 0.6) is 5.75 Å². The summed E-state index contributed by atoms with van der Waals surface area (Å²) in [6, 6.07) is 8.51. The molecular weight excluding hydrogens is 417 g/mol. The smallest absolute Gasteiger partial charge is 0.185 e. The van der Waals surface area contributed by atoms with Crippen LogP contribution in [-0.4, -0.2) is 10.8 Å². The third kappa shape index (κ3) is 5.50. The van der Waals surface area contributed by atoms with E-state index >= 15 is 0 Å². The number of hydrogen-bond donors (Lipinski definition) is 0. The number of allylic oxidation sites excluding steroid dienone is 2. The number of carbonyl (C=O) groups is 1. The molecule has 0 fully saturated rings. The highest BCUT2D eigenvalue weighted by molar-refractivity contribution is 6.40. The van der Waals surface area contributed by atoms with Gasteiger partial charge in [-0.3, -0.25) is 4.79 Å². The number of ether oxygens (including phenoxy) is 1. The van der Waals surface area contributed by atoms with Crippen LogP contribution >= 0.6 is 34.8 Å². The Labute approximate surface area is 180 Å². The molecular formula is C22H22Cl3NO2. The Morgan fingerprint density at radius 3 is 2.68 bits per heavy atom. The number of pyridine rings is 1. The van der Waals surface area contributed by atoms with E-state index in [4.69, 9.17) is 39.5 Å². The number of carbonyl (C=O) groups excluding carboxylic acids is 1. The maximum atomic E-state index is 12.7. The van der Waals surface area contributed by atoms with Gasteiger partial charge in [0.2, 0.25) is 0 Å². The van der Waals surface area contributed by atoms with Gasteiger partial charge in [0, 0.05) is 11.4 Å². The molecule has 0 amide bonds. The molecule has 6 heteroatoms. The summed E-state index contributed by atoms with van der Waals surface area (Å²) in [6.45, 7) is 2.35. The fourth-order valence-corrected chi connectivity index (χ4v) is 4.25. The molecule has 2 aromatic rings. The molecule has 3 rings (SSSR count). The first-order chi connectivity index (χ1) is 13.4. The van der Waals surface area contributed by atoms with Gasteiger partial charge in [-0.1, -0.05) is 65.9 Å². The Morgan fingerprint density at radius 1 is 1.18 bits per heavy atom. The van der Waals surface area contributed by atoms with Gasteiger partial charge in [0.15, 0.2) is 11.5 Å². The predicted octanol–water partition coefficient (Wildman–Crippen LogP) is 7.33. The van der Waals surface area contributed by atoms with Gasteiger partial charge in [0.1, 0.15) is 12.3 Å². The van der Waals surface area contributed by atoms with E-state index in [1.807, 2.05) is 12.1 Å². The van der Waals surface area contributed by atoms with Crippen molar-refractivity contribution in [2.45, 2.75) is 45.6 Å². The van der Waals surface area contributed by atoms with Crippen LogP contribution in [0.15, 0.2) is 42.0 Å². The zero-order valence-corrected chi connectivity index (χ0v) is 17.9. The number of Topliss-reactive ketones (excluding diaryl/α,β-unsaturated/α-hetero) is 1. The van der Waals surface area contributed by atoms with Crippen LogP contribution in [-0.2, 0) is 6.61 Å². The summed E-state index contributed by atoms with van der Waals surface area (Å²) in [7, 11) is 0. The van der Waals surface area contributed by atoms with Gasteiger partial charge < -0.3 is 4.74 Å². The average Bonchev–Trinajstić information content (AvgIpc) is 2.85. The van der Waals surface area contributed by atoms with Gasteiger partial charge in [0.25, 0.3) is 0 Å². The van der Waals surface area contributed by atoms with Gasteiger partial charge in [-0.05, 0) is 49.4 Å². The molecule has 0 aliphatic heterocycles. The van der Waals surface area contributed by atoms with Gasteiger partial charge in [-0.25, -0.2) is 4.98 Å². The molecule has 148 valence electrons. The first kappa shape index (κ1) is 21.2. The molecule has 1 heterocycles. The molecule has 1 aromatic heterocycles. The lowest BCUT2D eigenvalue weighted by Gasteiger charge is -2.13. The topological polar surface area (TPSA) is 39.2 Å². The van der Waals surface area contributed by atoms with Gasteiger partial charge in [-0.2, -0.15) is 0 Å². The van der Waals surface area contributed by atoms with Crippen LogP contribution in [0.1, 0.15) is 55.2 Å². The predicted molar refractivity (Wildman–Crippen MR) is 115 cm³/mol. The highest BCUT2D eigenvalue weighted by Gasteiger charge is 2.17. The summed E-state index contributed by atoms with van der Waals surface area (Å²) in [6.07, 6.45) is 7.26. The first-order valence-electron chi connectivity index (χ1n) is 9.39. The van der Waals surface area contributed by atoms with E-state index in [1.165, 1.54) is 18.4 Å². The Bertz CT molecular complexity index is 872. The van der Waals surface area contributed by atoms with Crippen molar-refractivity contribution in [2.24, 2.45) is 5.92 Å². The first-order valence-corrected chi connectivity index (χ1v) is 10.5. The number of aromatic nitrogens is 1. The lowest BCUT2D eigenvalue weighted by molar-refractivity contribution is 0.0984. The minimum absolute atomic E-state index is 0.0319. The summed E-state index contributed by atoms with van der Waals surface area (Å²) < 4.78 is 5.72. The summed E-state index contributed by atoms with van der Waals surface area (Å²) in [5.41, 5.74) is 2.31. The van der Waals surface area contributed by atoms with Crippen LogP contribution in [0.4, 0.5) is 0 Å². The number of ketones is 1. The Balaban J connectivity index is 1.68. The Kier molecular flexibility index (Phi) is 7.39. The van der Waals surface area contributed by atoms with E-state index in [9.17, 15) is 4.79 Å². The maximum Gasteiger partial charge on any atom is 0.185 e. The molecule has 0 radical (unpaired) electrons. The number of hydrogen-bond acceptors (Lipinski definition) is 3. The summed E-state index contributed by atoms with van der Waals surface area (Å²) in [4.78, 5) is 17.2. The van der Waals surface area contributed by atoms with Crippen molar-refractivity contribution in [3.63, 3.8) is 0 Å². The largest absolute Gasteiger partial charge is 0.484 e. The minimum Gasteiger partial charge on any atom is -0.484 e. The fourth-order valence-electron chi connectivity index (χ4n) is 3.32. The molecule has 3 nitrogen and oxygen atoms in total. The normalized spacial score (nSPS) is 17.0. The van der Waals surface area contributed by atoms with Crippen molar-refractivity contribution in [1.29, 1.82) is 0 Å². The van der Waals surface area contributed by atoms with Gasteiger partial charge in [-0.15, -0.1) is 0 Å². The molecule has 1 aromatic carbocycles. The van der Waals surface area contributed by atoms with Crippen LogP contribution in [0.25, 0.3) is 0 Å². The molecule has 1 aliphatic carbocycles. The molecule has 0 N–H and O–H groups in total. The SMILES string of the molecule is CC1CCCCC=C1CC(=O)c1cccc(COc2c(Cl)cc(Cl)cc2Cl)n1. The molecule has 28 heavy (non-hydrogen) atoms. The number of nitrogens with zero attached hydrogens (tertiary/aromatic N) is 1. The summed E-state index contributed by atoms with van der Waals surface area (Å²) >= 11 is 18.2. The molecule has 1 unspecified atom stereocenters. The van der Waals surface area contributed by atoms with E-state index in [0.29, 0.717) is 44.5 Å².